The second kappa shape index (κ2) is 3.60. The first-order valence-electron chi connectivity index (χ1n) is 5.11. The summed E-state index contributed by atoms with van der Waals surface area (Å²) in [7, 11) is 0. The Balaban J connectivity index is 2.17. The van der Waals surface area contributed by atoms with Crippen LogP contribution in [0.3, 0.4) is 0 Å². The summed E-state index contributed by atoms with van der Waals surface area (Å²) in [6.45, 7) is 9.49. The summed E-state index contributed by atoms with van der Waals surface area (Å²) in [5, 5.41) is 0. The molecule has 0 bridgehead atoms. The first-order chi connectivity index (χ1) is 5.11. The lowest BCUT2D eigenvalue weighted by atomic mass is 9.87. The van der Waals surface area contributed by atoms with Crippen LogP contribution < -0.4 is 0 Å². The van der Waals surface area contributed by atoms with Crippen molar-refractivity contribution in [1.82, 2.24) is 0 Å². The highest BCUT2D eigenvalue weighted by atomic mass is 14.3. The van der Waals surface area contributed by atoms with Crippen molar-refractivity contribution in [2.75, 3.05) is 0 Å². The zero-order chi connectivity index (χ0) is 8.43. The summed E-state index contributed by atoms with van der Waals surface area (Å²) in [6, 6.07) is 0. The van der Waals surface area contributed by atoms with Crippen molar-refractivity contribution in [3.05, 3.63) is 0 Å². The molecule has 0 aromatic rings. The maximum atomic E-state index is 2.43. The van der Waals surface area contributed by atoms with Crippen molar-refractivity contribution in [2.24, 2.45) is 23.7 Å². The molecular formula is C11H22. The predicted molar refractivity (Wildman–Crippen MR) is 50.5 cm³/mol. The first-order valence-corrected chi connectivity index (χ1v) is 5.11. The van der Waals surface area contributed by atoms with Gasteiger partial charge in [-0.3, -0.25) is 0 Å². The average Bonchev–Trinajstić information content (AvgIpc) is 2.67. The average molecular weight is 154 g/mol. The minimum atomic E-state index is 0.871. The zero-order valence-electron chi connectivity index (χ0n) is 8.43. The molecule has 0 N–H and O–H groups in total. The van der Waals surface area contributed by atoms with Crippen LogP contribution in [-0.2, 0) is 0 Å². The lowest BCUT2D eigenvalue weighted by Gasteiger charge is -2.19. The van der Waals surface area contributed by atoms with E-state index >= 15 is 0 Å². The van der Waals surface area contributed by atoms with Gasteiger partial charge in [-0.25, -0.2) is 0 Å². The van der Waals surface area contributed by atoms with E-state index in [4.69, 9.17) is 0 Å². The molecule has 11 heavy (non-hydrogen) atoms. The molecule has 0 aromatic heterocycles. The summed E-state index contributed by atoms with van der Waals surface area (Å²) >= 11 is 0. The summed E-state index contributed by atoms with van der Waals surface area (Å²) < 4.78 is 0. The van der Waals surface area contributed by atoms with Crippen molar-refractivity contribution in [2.45, 2.75) is 47.0 Å². The Labute approximate surface area is 71.4 Å². The maximum Gasteiger partial charge on any atom is -0.0388 e. The maximum absolute atomic E-state index is 2.43. The molecule has 0 radical (unpaired) electrons. The van der Waals surface area contributed by atoms with Gasteiger partial charge in [-0.15, -0.1) is 0 Å². The highest BCUT2D eigenvalue weighted by Gasteiger charge is 2.28. The Hall–Kier alpha value is 0. The summed E-state index contributed by atoms with van der Waals surface area (Å²) in [5.74, 6) is 3.88. The lowest BCUT2D eigenvalue weighted by Crippen LogP contribution is -2.10. The number of hydrogen-bond acceptors (Lipinski definition) is 0. The fraction of sp³-hybridized carbons (Fsp3) is 1.00. The molecule has 0 heteroatoms. The van der Waals surface area contributed by atoms with Crippen LogP contribution in [0.15, 0.2) is 0 Å². The molecule has 1 aliphatic rings. The van der Waals surface area contributed by atoms with Crippen LogP contribution in [0.4, 0.5) is 0 Å². The molecular weight excluding hydrogens is 132 g/mol. The second-order valence-electron chi connectivity index (χ2n) is 4.77. The zero-order valence-corrected chi connectivity index (χ0v) is 8.43. The van der Waals surface area contributed by atoms with Gasteiger partial charge in [0.1, 0.15) is 0 Å². The van der Waals surface area contributed by atoms with E-state index in [1.807, 2.05) is 0 Å². The summed E-state index contributed by atoms with van der Waals surface area (Å²) in [4.78, 5) is 0. The van der Waals surface area contributed by atoms with Crippen LogP contribution in [0.1, 0.15) is 47.0 Å². The quantitative estimate of drug-likeness (QED) is 0.579. The van der Waals surface area contributed by atoms with Crippen LogP contribution in [0.5, 0.6) is 0 Å². The van der Waals surface area contributed by atoms with Gasteiger partial charge in [-0.1, -0.05) is 27.7 Å². The largest absolute Gasteiger partial charge is 0.0625 e. The van der Waals surface area contributed by atoms with Gasteiger partial charge in [0, 0.05) is 0 Å². The Kier molecular flexibility index (Phi) is 2.98. The SMILES string of the molecule is CC(C)C(C)CC(C)C1CC1. The Morgan fingerprint density at radius 2 is 1.64 bits per heavy atom. The van der Waals surface area contributed by atoms with Crippen LogP contribution in [0.2, 0.25) is 0 Å². The van der Waals surface area contributed by atoms with Gasteiger partial charge in [-0.05, 0) is 42.9 Å². The fourth-order valence-corrected chi connectivity index (χ4v) is 1.72. The molecule has 0 amide bonds. The van der Waals surface area contributed by atoms with Gasteiger partial charge in [0.05, 0.1) is 0 Å². The van der Waals surface area contributed by atoms with E-state index in [9.17, 15) is 0 Å². The van der Waals surface area contributed by atoms with Gasteiger partial charge >= 0.3 is 0 Å². The standard InChI is InChI=1S/C11H22/c1-8(2)9(3)7-10(4)11-5-6-11/h8-11H,5-7H2,1-4H3. The van der Waals surface area contributed by atoms with E-state index in [0.717, 1.165) is 23.7 Å². The molecule has 1 rings (SSSR count). The van der Waals surface area contributed by atoms with E-state index in [1.165, 1.54) is 19.3 Å². The lowest BCUT2D eigenvalue weighted by molar-refractivity contribution is 0.312. The summed E-state index contributed by atoms with van der Waals surface area (Å²) in [6.07, 6.45) is 4.46. The van der Waals surface area contributed by atoms with E-state index in [0.29, 0.717) is 0 Å². The minimum Gasteiger partial charge on any atom is -0.0625 e. The molecule has 0 aliphatic heterocycles. The molecule has 1 saturated carbocycles. The summed E-state index contributed by atoms with van der Waals surface area (Å²) in [5.41, 5.74) is 0. The van der Waals surface area contributed by atoms with Gasteiger partial charge < -0.3 is 0 Å². The third-order valence-corrected chi connectivity index (χ3v) is 3.31. The predicted octanol–water partition coefficient (Wildman–Crippen LogP) is 3.71. The van der Waals surface area contributed by atoms with E-state index in [2.05, 4.69) is 27.7 Å². The number of rotatable bonds is 4. The van der Waals surface area contributed by atoms with Crippen molar-refractivity contribution < 1.29 is 0 Å². The van der Waals surface area contributed by atoms with E-state index < -0.39 is 0 Å². The van der Waals surface area contributed by atoms with Crippen LogP contribution in [0, 0.1) is 23.7 Å². The van der Waals surface area contributed by atoms with E-state index in [1.54, 1.807) is 0 Å². The molecule has 66 valence electrons. The molecule has 0 nitrogen and oxygen atoms in total. The van der Waals surface area contributed by atoms with Crippen molar-refractivity contribution in [3.8, 4) is 0 Å². The monoisotopic (exact) mass is 154 g/mol. The van der Waals surface area contributed by atoms with Gasteiger partial charge in [0.15, 0.2) is 0 Å². The van der Waals surface area contributed by atoms with Gasteiger partial charge in [0.2, 0.25) is 0 Å². The van der Waals surface area contributed by atoms with Crippen LogP contribution in [0.25, 0.3) is 0 Å². The van der Waals surface area contributed by atoms with Crippen molar-refractivity contribution in [1.29, 1.82) is 0 Å². The molecule has 0 saturated heterocycles. The Bertz CT molecular complexity index is 105. The molecule has 0 heterocycles. The normalized spacial score (nSPS) is 23.7. The Morgan fingerprint density at radius 3 is 2.00 bits per heavy atom. The Morgan fingerprint density at radius 1 is 1.09 bits per heavy atom. The molecule has 1 aliphatic carbocycles. The third-order valence-electron chi connectivity index (χ3n) is 3.31. The van der Waals surface area contributed by atoms with Crippen LogP contribution in [-0.4, -0.2) is 0 Å². The minimum absolute atomic E-state index is 0.871. The van der Waals surface area contributed by atoms with Crippen molar-refractivity contribution in [3.63, 3.8) is 0 Å². The van der Waals surface area contributed by atoms with Gasteiger partial charge in [0.25, 0.3) is 0 Å². The fourth-order valence-electron chi connectivity index (χ4n) is 1.72. The highest BCUT2D eigenvalue weighted by Crippen LogP contribution is 2.40. The topological polar surface area (TPSA) is 0 Å². The van der Waals surface area contributed by atoms with Crippen LogP contribution >= 0.6 is 0 Å². The molecule has 0 aromatic carbocycles. The number of hydrogen-bond donors (Lipinski definition) is 0. The smallest absolute Gasteiger partial charge is 0.0388 e. The van der Waals surface area contributed by atoms with E-state index in [-0.39, 0.29) is 0 Å². The molecule has 2 unspecified atom stereocenters. The first kappa shape index (κ1) is 9.09. The van der Waals surface area contributed by atoms with Gasteiger partial charge in [-0.2, -0.15) is 0 Å². The molecule has 0 spiro atoms. The molecule has 1 fully saturated rings. The highest BCUT2D eigenvalue weighted by molar-refractivity contribution is 4.79. The third kappa shape index (κ3) is 2.84. The second-order valence-corrected chi connectivity index (χ2v) is 4.77. The molecule has 2 atom stereocenters. The van der Waals surface area contributed by atoms with Crippen molar-refractivity contribution >= 4 is 0 Å².